The van der Waals surface area contributed by atoms with E-state index in [9.17, 15) is 9.90 Å². The molecule has 0 radical (unpaired) electrons. The molecule has 0 spiro atoms. The van der Waals surface area contributed by atoms with Gasteiger partial charge in [-0.05, 0) is 62.1 Å². The average Bonchev–Trinajstić information content (AvgIpc) is 3.28. The Morgan fingerprint density at radius 2 is 1.81 bits per heavy atom. The number of aliphatic hydroxyl groups is 1. The molecule has 0 bridgehead atoms. The second kappa shape index (κ2) is 11.4. The largest absolute Gasteiger partial charge is 0.487 e. The van der Waals surface area contributed by atoms with Crippen LogP contribution in [-0.4, -0.2) is 39.8 Å². The third-order valence-corrected chi connectivity index (χ3v) is 5.99. The Bertz CT molecular complexity index is 1330. The highest BCUT2D eigenvalue weighted by atomic mass is 16.6. The van der Waals surface area contributed by atoms with Crippen LogP contribution in [0.4, 0.5) is 10.5 Å². The number of nitrogens with one attached hydrogen (secondary N) is 1. The molecule has 0 aliphatic carbocycles. The lowest BCUT2D eigenvalue weighted by Crippen LogP contribution is -2.40. The first-order valence-corrected chi connectivity index (χ1v) is 12.5. The van der Waals surface area contributed by atoms with Crippen molar-refractivity contribution >= 4 is 22.7 Å². The number of nitrogens with two attached hydrogens (primary N) is 1. The average molecular weight is 502 g/mol. The molecule has 7 nitrogen and oxygen atoms in total. The van der Waals surface area contributed by atoms with Gasteiger partial charge in [0, 0.05) is 23.8 Å². The molecule has 0 unspecified atom stereocenters. The number of benzene rings is 3. The molecule has 4 rings (SSSR count). The summed E-state index contributed by atoms with van der Waals surface area (Å²) in [4.78, 5) is 17.9. The fourth-order valence-corrected chi connectivity index (χ4v) is 4.17. The molecule has 1 amide bonds. The number of carbonyl (C=O) groups excluding carboxylic acids is 1. The van der Waals surface area contributed by atoms with E-state index in [2.05, 4.69) is 4.98 Å². The molecule has 194 valence electrons. The summed E-state index contributed by atoms with van der Waals surface area (Å²) in [5.41, 5.74) is 9.50. The van der Waals surface area contributed by atoms with Crippen molar-refractivity contribution < 1.29 is 19.4 Å². The number of para-hydroxylation sites is 1. The van der Waals surface area contributed by atoms with Crippen molar-refractivity contribution in [1.82, 2.24) is 9.88 Å². The minimum absolute atomic E-state index is 0.0894. The molecule has 3 aromatic carbocycles. The van der Waals surface area contributed by atoms with Gasteiger partial charge in [-0.15, -0.1) is 0 Å². The molecular weight excluding hydrogens is 466 g/mol. The number of hydrogen-bond acceptors (Lipinski definition) is 5. The number of hydrogen-bond donors (Lipinski definition) is 3. The zero-order valence-electron chi connectivity index (χ0n) is 21.6. The van der Waals surface area contributed by atoms with Crippen molar-refractivity contribution in [2.24, 2.45) is 0 Å². The maximum absolute atomic E-state index is 13.0. The van der Waals surface area contributed by atoms with E-state index < -0.39 is 17.8 Å². The van der Waals surface area contributed by atoms with Crippen LogP contribution in [0, 0.1) is 0 Å². The van der Waals surface area contributed by atoms with Crippen molar-refractivity contribution in [2.45, 2.75) is 45.5 Å². The molecular formula is C30H35N3O4. The minimum atomic E-state index is -0.892. The summed E-state index contributed by atoms with van der Waals surface area (Å²) in [7, 11) is 0. The number of fused-ring (bicyclic) bond motifs is 1. The summed E-state index contributed by atoms with van der Waals surface area (Å²) < 4.78 is 11.7. The van der Waals surface area contributed by atoms with Crippen LogP contribution in [0.3, 0.4) is 0 Å². The van der Waals surface area contributed by atoms with Gasteiger partial charge in [-0.3, -0.25) is 0 Å². The summed E-state index contributed by atoms with van der Waals surface area (Å²) in [5, 5.41) is 11.9. The van der Waals surface area contributed by atoms with Gasteiger partial charge >= 0.3 is 6.09 Å². The van der Waals surface area contributed by atoms with Gasteiger partial charge in [0.15, 0.2) is 0 Å². The number of aliphatic hydroxyl groups excluding tert-OH is 1. The lowest BCUT2D eigenvalue weighted by molar-refractivity contribution is 0.0147. The van der Waals surface area contributed by atoms with E-state index in [1.165, 1.54) is 0 Å². The van der Waals surface area contributed by atoms with Gasteiger partial charge in [0.1, 0.15) is 18.0 Å². The smallest absolute Gasteiger partial charge is 0.410 e. The number of carbonyl (C=O) groups is 1. The van der Waals surface area contributed by atoms with Crippen molar-refractivity contribution in [3.8, 4) is 5.75 Å². The number of amides is 1. The van der Waals surface area contributed by atoms with Crippen molar-refractivity contribution in [3.05, 3.63) is 95.7 Å². The summed E-state index contributed by atoms with van der Waals surface area (Å²) in [6.45, 7) is 6.42. The fourth-order valence-electron chi connectivity index (χ4n) is 4.17. The predicted molar refractivity (Wildman–Crippen MR) is 146 cm³/mol. The van der Waals surface area contributed by atoms with Crippen LogP contribution in [-0.2, 0) is 17.8 Å². The topological polar surface area (TPSA) is 101 Å². The molecule has 1 atom stereocenters. The summed E-state index contributed by atoms with van der Waals surface area (Å²) in [5.74, 6) is 0.772. The van der Waals surface area contributed by atoms with Crippen molar-refractivity contribution in [3.63, 3.8) is 0 Å². The zero-order chi connectivity index (χ0) is 26.4. The SMILES string of the molecule is CC(C)(C)OC(=O)N(CCc1c[nH]c2c(OCc3ccccc3)cccc12)C[C@H](O)c1cccc(N)c1. The first-order chi connectivity index (χ1) is 17.7. The summed E-state index contributed by atoms with van der Waals surface area (Å²) in [6.07, 6.45) is 1.16. The number of aromatic amines is 1. The number of anilines is 1. The van der Waals surface area contributed by atoms with Crippen LogP contribution >= 0.6 is 0 Å². The maximum Gasteiger partial charge on any atom is 0.410 e. The Morgan fingerprint density at radius 1 is 1.05 bits per heavy atom. The molecule has 1 aromatic heterocycles. The van der Waals surface area contributed by atoms with Gasteiger partial charge in [0.2, 0.25) is 0 Å². The van der Waals surface area contributed by atoms with Gasteiger partial charge in [-0.25, -0.2) is 4.79 Å². The van der Waals surface area contributed by atoms with E-state index in [0.29, 0.717) is 30.8 Å². The lowest BCUT2D eigenvalue weighted by Gasteiger charge is -2.29. The highest BCUT2D eigenvalue weighted by Crippen LogP contribution is 2.29. The van der Waals surface area contributed by atoms with Crippen molar-refractivity contribution in [1.29, 1.82) is 0 Å². The lowest BCUT2D eigenvalue weighted by atomic mass is 10.1. The van der Waals surface area contributed by atoms with Gasteiger partial charge in [0.05, 0.1) is 18.2 Å². The molecule has 0 saturated carbocycles. The van der Waals surface area contributed by atoms with Gasteiger partial charge in [-0.2, -0.15) is 0 Å². The minimum Gasteiger partial charge on any atom is -0.487 e. The number of aromatic nitrogens is 1. The summed E-state index contributed by atoms with van der Waals surface area (Å²) >= 11 is 0. The van der Waals surface area contributed by atoms with Crippen LogP contribution in [0.25, 0.3) is 10.9 Å². The van der Waals surface area contributed by atoms with E-state index in [4.69, 9.17) is 15.2 Å². The molecule has 0 aliphatic heterocycles. The molecule has 7 heteroatoms. The van der Waals surface area contributed by atoms with E-state index in [0.717, 1.165) is 27.8 Å². The monoisotopic (exact) mass is 501 g/mol. The highest BCUT2D eigenvalue weighted by Gasteiger charge is 2.25. The zero-order valence-corrected chi connectivity index (χ0v) is 21.6. The maximum atomic E-state index is 13.0. The molecule has 1 heterocycles. The molecule has 4 N–H and O–H groups in total. The number of nitrogen functional groups attached to an aromatic ring is 1. The summed E-state index contributed by atoms with van der Waals surface area (Å²) in [6, 6.07) is 23.0. The Kier molecular flexibility index (Phi) is 8.04. The van der Waals surface area contributed by atoms with Crippen LogP contribution < -0.4 is 10.5 Å². The standard InChI is InChI=1S/C30H35N3O4/c1-30(2,3)37-29(35)33(19-26(34)22-11-7-12-24(31)17-22)16-15-23-18-32-28-25(23)13-8-14-27(28)36-20-21-9-5-4-6-10-21/h4-14,17-18,26,32,34H,15-16,19-20,31H2,1-3H3/t26-/m0/s1. The van der Waals surface area contributed by atoms with Crippen molar-refractivity contribution in [2.75, 3.05) is 18.8 Å². The molecule has 0 fully saturated rings. The normalized spacial score (nSPS) is 12.3. The third kappa shape index (κ3) is 7.05. The number of rotatable bonds is 9. The van der Waals surface area contributed by atoms with E-state index in [1.54, 1.807) is 29.2 Å². The first-order valence-electron chi connectivity index (χ1n) is 12.5. The molecule has 0 saturated heterocycles. The molecule has 4 aromatic rings. The van der Waals surface area contributed by atoms with Crippen LogP contribution in [0.2, 0.25) is 0 Å². The number of H-pyrrole nitrogens is 1. The van der Waals surface area contributed by atoms with Gasteiger partial charge in [0.25, 0.3) is 0 Å². The predicted octanol–water partition coefficient (Wildman–Crippen LogP) is 5.84. The van der Waals surface area contributed by atoms with E-state index in [-0.39, 0.29) is 6.54 Å². The number of ether oxygens (including phenoxy) is 2. The second-order valence-electron chi connectivity index (χ2n) is 10.1. The Hall–Kier alpha value is -3.97. The first kappa shape index (κ1) is 26.1. The van der Waals surface area contributed by atoms with E-state index in [1.807, 2.05) is 75.5 Å². The Balaban J connectivity index is 1.49. The van der Waals surface area contributed by atoms with E-state index >= 15 is 0 Å². The van der Waals surface area contributed by atoms with Crippen LogP contribution in [0.1, 0.15) is 43.6 Å². The highest BCUT2D eigenvalue weighted by molar-refractivity contribution is 5.88. The molecule has 37 heavy (non-hydrogen) atoms. The van der Waals surface area contributed by atoms with Crippen LogP contribution in [0.5, 0.6) is 5.75 Å². The Morgan fingerprint density at radius 3 is 2.54 bits per heavy atom. The third-order valence-electron chi connectivity index (χ3n) is 5.99. The van der Waals surface area contributed by atoms with Gasteiger partial charge < -0.3 is 30.2 Å². The quantitative estimate of drug-likeness (QED) is 0.250. The fraction of sp³-hybridized carbons (Fsp3) is 0.300. The number of nitrogens with zero attached hydrogens (tertiary/aromatic N) is 1. The van der Waals surface area contributed by atoms with Crippen LogP contribution in [0.15, 0.2) is 79.0 Å². The van der Waals surface area contributed by atoms with Gasteiger partial charge in [-0.1, -0.05) is 54.6 Å². The molecule has 0 aliphatic rings. The second-order valence-corrected chi connectivity index (χ2v) is 10.1. The Labute approximate surface area is 217 Å².